The van der Waals surface area contributed by atoms with Gasteiger partial charge in [0, 0.05) is 18.3 Å². The molecule has 0 spiro atoms. The minimum atomic E-state index is -0.513. The van der Waals surface area contributed by atoms with Crippen LogP contribution in [0.15, 0.2) is 24.3 Å². The maximum atomic E-state index is 12.2. The summed E-state index contributed by atoms with van der Waals surface area (Å²) in [5.74, 6) is 0. The first-order chi connectivity index (χ1) is 9.61. The number of nitrogens with zero attached hydrogens (tertiary/aromatic N) is 1. The third-order valence-electron chi connectivity index (χ3n) is 3.76. The number of anilines is 1. The van der Waals surface area contributed by atoms with Crippen LogP contribution in [0.25, 0.3) is 0 Å². The van der Waals surface area contributed by atoms with Crippen LogP contribution in [0.3, 0.4) is 0 Å². The van der Waals surface area contributed by atoms with E-state index < -0.39 is 6.10 Å². The van der Waals surface area contributed by atoms with Gasteiger partial charge in [-0.1, -0.05) is 12.1 Å². The van der Waals surface area contributed by atoms with Crippen molar-refractivity contribution >= 4 is 11.7 Å². The van der Waals surface area contributed by atoms with E-state index in [9.17, 15) is 9.90 Å². The highest BCUT2D eigenvalue weighted by Gasteiger charge is 2.28. The molecule has 3 N–H and O–H groups in total. The van der Waals surface area contributed by atoms with E-state index in [1.807, 2.05) is 0 Å². The molecule has 0 aliphatic heterocycles. The molecule has 0 saturated heterocycles. The Morgan fingerprint density at radius 1 is 1.40 bits per heavy atom. The van der Waals surface area contributed by atoms with Crippen LogP contribution in [0.1, 0.15) is 37.9 Å². The van der Waals surface area contributed by atoms with Gasteiger partial charge in [0.25, 0.3) is 0 Å². The lowest BCUT2D eigenvalue weighted by atomic mass is 9.92. The average molecular weight is 278 g/mol. The molecule has 2 rings (SSSR count). The molecule has 1 aliphatic rings. The molecule has 5 heteroatoms. The van der Waals surface area contributed by atoms with Gasteiger partial charge in [-0.3, -0.25) is 0 Å². The summed E-state index contributed by atoms with van der Waals surface area (Å²) >= 11 is 0. The van der Waals surface area contributed by atoms with E-state index in [1.54, 1.807) is 36.1 Å². The van der Waals surface area contributed by atoms with Crippen molar-refractivity contribution in [1.82, 2.24) is 4.90 Å². The van der Waals surface area contributed by atoms with E-state index in [0.717, 1.165) is 24.8 Å². The molecule has 1 aromatic rings. The monoisotopic (exact) mass is 278 g/mol. The smallest absolute Gasteiger partial charge is 0.322 e. The molecule has 1 aliphatic carbocycles. The summed E-state index contributed by atoms with van der Waals surface area (Å²) in [6.45, 7) is 2.04. The van der Waals surface area contributed by atoms with Crippen molar-refractivity contribution in [2.75, 3.05) is 18.5 Å². The predicted molar refractivity (Wildman–Crippen MR) is 77.5 cm³/mol. The molecule has 0 aromatic heterocycles. The molecule has 0 radical (unpaired) electrons. The minimum Gasteiger partial charge on any atom is -0.395 e. The van der Waals surface area contributed by atoms with E-state index in [4.69, 9.17) is 5.11 Å². The van der Waals surface area contributed by atoms with E-state index in [2.05, 4.69) is 5.32 Å². The van der Waals surface area contributed by atoms with Gasteiger partial charge < -0.3 is 20.4 Å². The lowest BCUT2D eigenvalue weighted by Gasteiger charge is -2.37. The number of carbonyl (C=O) groups is 1. The molecule has 1 atom stereocenters. The molecule has 110 valence electrons. The van der Waals surface area contributed by atoms with Crippen LogP contribution >= 0.6 is 0 Å². The van der Waals surface area contributed by atoms with Gasteiger partial charge in [-0.05, 0) is 43.9 Å². The Kier molecular flexibility index (Phi) is 4.98. The van der Waals surface area contributed by atoms with Gasteiger partial charge in [0.05, 0.1) is 12.7 Å². The summed E-state index contributed by atoms with van der Waals surface area (Å²) < 4.78 is 0. The molecule has 1 unspecified atom stereocenters. The maximum Gasteiger partial charge on any atom is 0.322 e. The molecule has 2 amide bonds. The van der Waals surface area contributed by atoms with Gasteiger partial charge in [0.1, 0.15) is 0 Å². The third kappa shape index (κ3) is 3.49. The van der Waals surface area contributed by atoms with Crippen molar-refractivity contribution in [3.05, 3.63) is 29.8 Å². The highest BCUT2D eigenvalue weighted by atomic mass is 16.3. The first-order valence-corrected chi connectivity index (χ1v) is 7.08. The Hall–Kier alpha value is -1.59. The van der Waals surface area contributed by atoms with Crippen molar-refractivity contribution in [2.45, 2.75) is 38.3 Å². The fourth-order valence-electron chi connectivity index (χ4n) is 2.30. The molecule has 20 heavy (non-hydrogen) atoms. The van der Waals surface area contributed by atoms with Crippen LogP contribution in [-0.4, -0.2) is 40.3 Å². The van der Waals surface area contributed by atoms with Gasteiger partial charge in [-0.15, -0.1) is 0 Å². The summed E-state index contributed by atoms with van der Waals surface area (Å²) in [5, 5.41) is 21.3. The Labute approximate surface area is 119 Å². The molecule has 1 fully saturated rings. The zero-order valence-corrected chi connectivity index (χ0v) is 11.7. The lowest BCUT2D eigenvalue weighted by Crippen LogP contribution is -2.47. The zero-order valence-electron chi connectivity index (χ0n) is 11.7. The predicted octanol–water partition coefficient (Wildman–Crippen LogP) is 2.12. The summed E-state index contributed by atoms with van der Waals surface area (Å²) in [7, 11) is 0. The third-order valence-corrected chi connectivity index (χ3v) is 3.76. The van der Waals surface area contributed by atoms with Crippen LogP contribution in [0.4, 0.5) is 10.5 Å². The van der Waals surface area contributed by atoms with E-state index in [0.29, 0.717) is 12.2 Å². The maximum absolute atomic E-state index is 12.2. The second-order valence-electron chi connectivity index (χ2n) is 5.23. The normalized spacial score (nSPS) is 16.4. The lowest BCUT2D eigenvalue weighted by molar-refractivity contribution is 0.127. The Bertz CT molecular complexity index is 441. The molecular formula is C15H22N2O3. The van der Waals surface area contributed by atoms with Gasteiger partial charge in [-0.25, -0.2) is 4.79 Å². The largest absolute Gasteiger partial charge is 0.395 e. The van der Waals surface area contributed by atoms with Crippen molar-refractivity contribution in [2.24, 2.45) is 0 Å². The molecule has 1 saturated carbocycles. The number of amides is 2. The van der Waals surface area contributed by atoms with Crippen molar-refractivity contribution in [1.29, 1.82) is 0 Å². The SMILES string of the molecule is CC(O)c1ccc(NC(=O)N(CCO)C2CCC2)cc1. The van der Waals surface area contributed by atoms with Crippen molar-refractivity contribution in [3.8, 4) is 0 Å². The van der Waals surface area contributed by atoms with Crippen LogP contribution in [0, 0.1) is 0 Å². The van der Waals surface area contributed by atoms with Crippen LogP contribution in [-0.2, 0) is 0 Å². The average Bonchev–Trinajstić information content (AvgIpc) is 2.36. The topological polar surface area (TPSA) is 72.8 Å². The van der Waals surface area contributed by atoms with Gasteiger partial charge in [0.2, 0.25) is 0 Å². The number of hydrogen-bond donors (Lipinski definition) is 3. The summed E-state index contributed by atoms with van der Waals surface area (Å²) in [6.07, 6.45) is 2.65. The first kappa shape index (κ1) is 14.8. The Morgan fingerprint density at radius 2 is 2.05 bits per heavy atom. The van der Waals surface area contributed by atoms with Gasteiger partial charge in [0.15, 0.2) is 0 Å². The highest BCUT2D eigenvalue weighted by Crippen LogP contribution is 2.25. The number of aliphatic hydroxyl groups excluding tert-OH is 2. The van der Waals surface area contributed by atoms with Crippen LogP contribution in [0.5, 0.6) is 0 Å². The number of benzene rings is 1. The first-order valence-electron chi connectivity index (χ1n) is 7.08. The number of urea groups is 1. The summed E-state index contributed by atoms with van der Waals surface area (Å²) in [4.78, 5) is 13.9. The molecule has 0 heterocycles. The van der Waals surface area contributed by atoms with E-state index in [-0.39, 0.29) is 18.7 Å². The summed E-state index contributed by atoms with van der Waals surface area (Å²) in [5.41, 5.74) is 1.51. The van der Waals surface area contributed by atoms with Crippen molar-refractivity contribution < 1.29 is 15.0 Å². The minimum absolute atomic E-state index is 0.0229. The molecule has 5 nitrogen and oxygen atoms in total. The Balaban J connectivity index is 1.98. The number of carbonyl (C=O) groups excluding carboxylic acids is 1. The second kappa shape index (κ2) is 6.72. The van der Waals surface area contributed by atoms with Crippen LogP contribution in [0.2, 0.25) is 0 Å². The zero-order chi connectivity index (χ0) is 14.5. The highest BCUT2D eigenvalue weighted by molar-refractivity contribution is 5.89. The van der Waals surface area contributed by atoms with Gasteiger partial charge in [-0.2, -0.15) is 0 Å². The molecular weight excluding hydrogens is 256 g/mol. The second-order valence-corrected chi connectivity index (χ2v) is 5.23. The fourth-order valence-corrected chi connectivity index (χ4v) is 2.30. The number of rotatable bonds is 5. The number of aliphatic hydroxyl groups is 2. The summed E-state index contributed by atoms with van der Waals surface area (Å²) in [6, 6.07) is 7.21. The quantitative estimate of drug-likeness (QED) is 0.772. The molecule has 0 bridgehead atoms. The number of nitrogens with one attached hydrogen (secondary N) is 1. The fraction of sp³-hybridized carbons (Fsp3) is 0.533. The number of hydrogen-bond acceptors (Lipinski definition) is 3. The van der Waals surface area contributed by atoms with Crippen molar-refractivity contribution in [3.63, 3.8) is 0 Å². The molecule has 1 aromatic carbocycles. The van der Waals surface area contributed by atoms with Crippen LogP contribution < -0.4 is 5.32 Å². The van der Waals surface area contributed by atoms with E-state index in [1.165, 1.54) is 0 Å². The van der Waals surface area contributed by atoms with Gasteiger partial charge >= 0.3 is 6.03 Å². The van der Waals surface area contributed by atoms with E-state index >= 15 is 0 Å². The Morgan fingerprint density at radius 3 is 2.50 bits per heavy atom. The standard InChI is InChI=1S/C15H22N2O3/c1-11(19)12-5-7-13(8-6-12)16-15(20)17(9-10-18)14-3-2-4-14/h5-8,11,14,18-19H,2-4,9-10H2,1H3,(H,16,20).